The number of aryl methyl sites for hydroxylation is 1. The minimum atomic E-state index is -0.479. The van der Waals surface area contributed by atoms with Crippen LogP contribution in [0.5, 0.6) is 5.75 Å². The molecule has 0 fully saturated rings. The molecule has 7 heteroatoms. The fraction of sp³-hybridized carbons (Fsp3) is 0.105. The van der Waals surface area contributed by atoms with Gasteiger partial charge in [-0.05, 0) is 24.6 Å². The van der Waals surface area contributed by atoms with Crippen LogP contribution in [0.1, 0.15) is 16.1 Å². The molecule has 0 aliphatic rings. The van der Waals surface area contributed by atoms with Crippen molar-refractivity contribution in [2.24, 2.45) is 0 Å². The van der Waals surface area contributed by atoms with E-state index in [1.165, 1.54) is 11.3 Å². The molecule has 2 N–H and O–H groups in total. The van der Waals surface area contributed by atoms with Crippen molar-refractivity contribution in [2.75, 3.05) is 6.61 Å². The molecule has 0 spiro atoms. The molecule has 0 unspecified atom stereocenters. The zero-order valence-electron chi connectivity index (χ0n) is 14.1. The molecule has 132 valence electrons. The van der Waals surface area contributed by atoms with Crippen molar-refractivity contribution in [3.05, 3.63) is 71.2 Å². The summed E-state index contributed by atoms with van der Waals surface area (Å²) in [4.78, 5) is 28.2. The molecule has 1 aromatic heterocycles. The van der Waals surface area contributed by atoms with Crippen LogP contribution in [-0.2, 0) is 4.79 Å². The molecule has 26 heavy (non-hydrogen) atoms. The molecule has 0 atom stereocenters. The highest BCUT2D eigenvalue weighted by Gasteiger charge is 2.13. The van der Waals surface area contributed by atoms with Gasteiger partial charge in [0.2, 0.25) is 0 Å². The van der Waals surface area contributed by atoms with Crippen molar-refractivity contribution in [1.29, 1.82) is 0 Å². The highest BCUT2D eigenvalue weighted by atomic mass is 32.1. The molecule has 3 rings (SSSR count). The Morgan fingerprint density at radius 1 is 1.08 bits per heavy atom. The number of thiazole rings is 1. The standard InChI is InChI=1S/C19H17N3O3S/c1-13-6-5-9-15(10-13)25-11-17(23)21-22-18(24)16-12-26-19(20-16)14-7-3-2-4-8-14/h2-10,12H,11H2,1H3,(H,21,23)(H,22,24). The minimum absolute atomic E-state index is 0.198. The third-order valence-corrected chi connectivity index (χ3v) is 4.32. The van der Waals surface area contributed by atoms with Crippen LogP contribution < -0.4 is 15.6 Å². The van der Waals surface area contributed by atoms with E-state index in [0.29, 0.717) is 5.75 Å². The van der Waals surface area contributed by atoms with E-state index in [-0.39, 0.29) is 12.3 Å². The second kappa shape index (κ2) is 8.26. The topological polar surface area (TPSA) is 80.3 Å². The Kier molecular flexibility index (Phi) is 5.60. The van der Waals surface area contributed by atoms with E-state index in [0.717, 1.165) is 16.1 Å². The molecule has 0 bridgehead atoms. The van der Waals surface area contributed by atoms with Crippen molar-refractivity contribution in [2.45, 2.75) is 6.92 Å². The van der Waals surface area contributed by atoms with Crippen LogP contribution >= 0.6 is 11.3 Å². The van der Waals surface area contributed by atoms with E-state index < -0.39 is 11.8 Å². The van der Waals surface area contributed by atoms with Gasteiger partial charge < -0.3 is 4.74 Å². The quantitative estimate of drug-likeness (QED) is 0.680. The fourth-order valence-corrected chi connectivity index (χ4v) is 2.98. The molecule has 0 saturated carbocycles. The maximum absolute atomic E-state index is 12.1. The SMILES string of the molecule is Cc1cccc(OCC(=O)NNC(=O)c2csc(-c3ccccc3)n2)c1. The molecule has 6 nitrogen and oxygen atoms in total. The van der Waals surface area contributed by atoms with Gasteiger partial charge in [0.15, 0.2) is 6.61 Å². The first-order valence-corrected chi connectivity index (χ1v) is 8.79. The Labute approximate surface area is 154 Å². The second-order valence-corrected chi connectivity index (χ2v) is 6.37. The Balaban J connectivity index is 1.49. The number of amides is 2. The molecule has 1 heterocycles. The van der Waals surface area contributed by atoms with E-state index in [4.69, 9.17) is 4.74 Å². The number of ether oxygens (including phenoxy) is 1. The zero-order chi connectivity index (χ0) is 18.4. The Morgan fingerprint density at radius 3 is 2.65 bits per heavy atom. The molecular formula is C19H17N3O3S. The average molecular weight is 367 g/mol. The van der Waals surface area contributed by atoms with E-state index in [1.807, 2.05) is 55.5 Å². The summed E-state index contributed by atoms with van der Waals surface area (Å²) in [6.45, 7) is 1.74. The van der Waals surface area contributed by atoms with Crippen molar-refractivity contribution in [3.63, 3.8) is 0 Å². The molecule has 0 aliphatic heterocycles. The van der Waals surface area contributed by atoms with Crippen molar-refractivity contribution < 1.29 is 14.3 Å². The van der Waals surface area contributed by atoms with Crippen LogP contribution in [0.25, 0.3) is 10.6 Å². The van der Waals surface area contributed by atoms with Crippen LogP contribution in [0, 0.1) is 6.92 Å². The van der Waals surface area contributed by atoms with E-state index in [2.05, 4.69) is 15.8 Å². The largest absolute Gasteiger partial charge is 0.484 e. The lowest BCUT2D eigenvalue weighted by Crippen LogP contribution is -2.43. The lowest BCUT2D eigenvalue weighted by Gasteiger charge is -2.08. The summed E-state index contributed by atoms with van der Waals surface area (Å²) < 4.78 is 5.37. The highest BCUT2D eigenvalue weighted by molar-refractivity contribution is 7.13. The van der Waals surface area contributed by atoms with Gasteiger partial charge in [-0.25, -0.2) is 4.98 Å². The maximum Gasteiger partial charge on any atom is 0.289 e. The van der Waals surface area contributed by atoms with Gasteiger partial charge in [-0.2, -0.15) is 0 Å². The van der Waals surface area contributed by atoms with Gasteiger partial charge in [0.25, 0.3) is 11.8 Å². The summed E-state index contributed by atoms with van der Waals surface area (Å²) >= 11 is 1.36. The number of nitrogens with one attached hydrogen (secondary N) is 2. The monoisotopic (exact) mass is 367 g/mol. The summed E-state index contributed by atoms with van der Waals surface area (Å²) in [7, 11) is 0. The van der Waals surface area contributed by atoms with Crippen molar-refractivity contribution in [1.82, 2.24) is 15.8 Å². The van der Waals surface area contributed by atoms with E-state index in [9.17, 15) is 9.59 Å². The molecule has 0 aliphatic carbocycles. The van der Waals surface area contributed by atoms with Gasteiger partial charge in [-0.3, -0.25) is 20.4 Å². The lowest BCUT2D eigenvalue weighted by atomic mass is 10.2. The van der Waals surface area contributed by atoms with E-state index in [1.54, 1.807) is 11.4 Å². The summed E-state index contributed by atoms with van der Waals surface area (Å²) in [6, 6.07) is 16.9. The molecule has 2 aromatic carbocycles. The smallest absolute Gasteiger partial charge is 0.289 e. The number of hydrogen-bond donors (Lipinski definition) is 2. The third kappa shape index (κ3) is 4.67. The van der Waals surface area contributed by atoms with Crippen LogP contribution in [0.2, 0.25) is 0 Å². The van der Waals surface area contributed by atoms with Crippen LogP contribution in [0.4, 0.5) is 0 Å². The number of benzene rings is 2. The summed E-state index contributed by atoms with van der Waals surface area (Å²) in [6.07, 6.45) is 0. The number of hydrazine groups is 1. The number of aromatic nitrogens is 1. The predicted octanol–water partition coefficient (Wildman–Crippen LogP) is 2.96. The Morgan fingerprint density at radius 2 is 1.88 bits per heavy atom. The van der Waals surface area contributed by atoms with Gasteiger partial charge in [-0.15, -0.1) is 11.3 Å². The maximum atomic E-state index is 12.1. The summed E-state index contributed by atoms with van der Waals surface area (Å²) in [5.41, 5.74) is 6.87. The number of nitrogens with zero attached hydrogens (tertiary/aromatic N) is 1. The third-order valence-electron chi connectivity index (χ3n) is 3.43. The number of carbonyl (C=O) groups excluding carboxylic acids is 2. The first-order chi connectivity index (χ1) is 12.6. The minimum Gasteiger partial charge on any atom is -0.484 e. The van der Waals surface area contributed by atoms with Crippen LogP contribution in [0.15, 0.2) is 60.0 Å². The molecular weight excluding hydrogens is 350 g/mol. The highest BCUT2D eigenvalue weighted by Crippen LogP contribution is 2.23. The number of carbonyl (C=O) groups is 2. The normalized spacial score (nSPS) is 10.2. The summed E-state index contributed by atoms with van der Waals surface area (Å²) in [5, 5.41) is 2.39. The molecule has 3 aromatic rings. The first-order valence-electron chi connectivity index (χ1n) is 7.91. The van der Waals surface area contributed by atoms with Gasteiger partial charge in [0, 0.05) is 10.9 Å². The molecule has 0 radical (unpaired) electrons. The fourth-order valence-electron chi connectivity index (χ4n) is 2.17. The van der Waals surface area contributed by atoms with Crippen LogP contribution in [0.3, 0.4) is 0 Å². The van der Waals surface area contributed by atoms with E-state index >= 15 is 0 Å². The van der Waals surface area contributed by atoms with Crippen LogP contribution in [-0.4, -0.2) is 23.4 Å². The predicted molar refractivity (Wildman–Crippen MR) is 99.8 cm³/mol. The summed E-state index contributed by atoms with van der Waals surface area (Å²) in [5.74, 6) is -0.343. The second-order valence-electron chi connectivity index (χ2n) is 5.51. The average Bonchev–Trinajstić information content (AvgIpc) is 3.15. The molecule has 0 saturated heterocycles. The van der Waals surface area contributed by atoms with Gasteiger partial charge >= 0.3 is 0 Å². The number of hydrogen-bond acceptors (Lipinski definition) is 5. The van der Waals surface area contributed by atoms with Gasteiger partial charge in [0.1, 0.15) is 16.5 Å². The van der Waals surface area contributed by atoms with Crippen molar-refractivity contribution >= 4 is 23.2 Å². The molecule has 2 amide bonds. The number of rotatable bonds is 5. The van der Waals surface area contributed by atoms with Gasteiger partial charge in [-0.1, -0.05) is 42.5 Å². The Hall–Kier alpha value is -3.19. The Bertz CT molecular complexity index is 909. The zero-order valence-corrected chi connectivity index (χ0v) is 14.9. The van der Waals surface area contributed by atoms with Crippen molar-refractivity contribution in [3.8, 4) is 16.3 Å². The van der Waals surface area contributed by atoms with Gasteiger partial charge in [0.05, 0.1) is 0 Å². The lowest BCUT2D eigenvalue weighted by molar-refractivity contribution is -0.123. The first kappa shape index (κ1) is 17.6.